The Morgan fingerprint density at radius 2 is 2.23 bits per heavy atom. The van der Waals surface area contributed by atoms with Crippen molar-refractivity contribution in [3.8, 4) is 0 Å². The number of ether oxygens (including phenoxy) is 1. The van der Waals surface area contributed by atoms with Gasteiger partial charge in [0.1, 0.15) is 6.10 Å². The van der Waals surface area contributed by atoms with Crippen LogP contribution in [-0.2, 0) is 14.3 Å². The number of hydrogen-bond acceptors (Lipinski definition) is 3. The summed E-state index contributed by atoms with van der Waals surface area (Å²) in [7, 11) is 1.81. The quantitative estimate of drug-likeness (QED) is 0.430. The third-order valence-electron chi connectivity index (χ3n) is 2.98. The summed E-state index contributed by atoms with van der Waals surface area (Å²) in [5.74, 6) is 0.0652. The predicted octanol–water partition coefficient (Wildman–Crippen LogP) is 0.169. The molecule has 0 bridgehead atoms. The molecule has 0 aromatic heterocycles. The minimum absolute atomic E-state index is 0.0404. The molecule has 1 heterocycles. The van der Waals surface area contributed by atoms with Crippen molar-refractivity contribution >= 4 is 11.9 Å². The second-order valence-electron chi connectivity index (χ2n) is 3.83. The fourth-order valence-electron chi connectivity index (χ4n) is 2.34. The zero-order valence-corrected chi connectivity index (χ0v) is 7.82. The van der Waals surface area contributed by atoms with E-state index in [2.05, 4.69) is 0 Å². The van der Waals surface area contributed by atoms with Crippen LogP contribution in [0, 0.1) is 5.92 Å². The van der Waals surface area contributed by atoms with Crippen LogP contribution >= 0.6 is 0 Å². The van der Waals surface area contributed by atoms with Gasteiger partial charge in [0, 0.05) is 26.4 Å². The Morgan fingerprint density at radius 1 is 1.54 bits per heavy atom. The van der Waals surface area contributed by atoms with Crippen LogP contribution in [0.15, 0.2) is 0 Å². The molecule has 1 saturated carbocycles. The lowest BCUT2D eigenvalue weighted by molar-refractivity contribution is -0.151. The van der Waals surface area contributed by atoms with Gasteiger partial charge in [-0.15, -0.1) is 0 Å². The number of rotatable bonds is 1. The lowest BCUT2D eigenvalue weighted by Crippen LogP contribution is -2.55. The van der Waals surface area contributed by atoms with Gasteiger partial charge in [-0.2, -0.15) is 0 Å². The van der Waals surface area contributed by atoms with E-state index in [0.29, 0.717) is 12.5 Å². The summed E-state index contributed by atoms with van der Waals surface area (Å²) in [6.45, 7) is 1.41. The van der Waals surface area contributed by atoms with E-state index < -0.39 is 0 Å². The van der Waals surface area contributed by atoms with Crippen LogP contribution in [0.3, 0.4) is 0 Å². The molecule has 0 spiro atoms. The van der Waals surface area contributed by atoms with Gasteiger partial charge in [0.2, 0.25) is 5.91 Å². The first-order valence-corrected chi connectivity index (χ1v) is 4.53. The van der Waals surface area contributed by atoms with Gasteiger partial charge < -0.3 is 9.64 Å². The molecule has 72 valence electrons. The smallest absolute Gasteiger partial charge is 0.302 e. The monoisotopic (exact) mass is 183 g/mol. The van der Waals surface area contributed by atoms with E-state index in [4.69, 9.17) is 4.74 Å². The maximum Gasteiger partial charge on any atom is 0.302 e. The summed E-state index contributed by atoms with van der Waals surface area (Å²) in [6, 6.07) is 0.317. The molecule has 1 aliphatic heterocycles. The fourth-order valence-corrected chi connectivity index (χ4v) is 2.34. The normalized spacial score (nSPS) is 36.9. The van der Waals surface area contributed by atoms with Gasteiger partial charge in [-0.05, 0) is 6.42 Å². The van der Waals surface area contributed by atoms with Crippen LogP contribution in [-0.4, -0.2) is 36.0 Å². The van der Waals surface area contributed by atoms with Crippen LogP contribution in [0.5, 0.6) is 0 Å². The first-order chi connectivity index (χ1) is 6.09. The van der Waals surface area contributed by atoms with Gasteiger partial charge >= 0.3 is 5.97 Å². The highest BCUT2D eigenvalue weighted by atomic mass is 16.5. The third kappa shape index (κ3) is 1.20. The molecule has 1 aliphatic carbocycles. The van der Waals surface area contributed by atoms with E-state index in [0.717, 1.165) is 6.42 Å². The molecule has 0 aromatic carbocycles. The molecule has 1 saturated heterocycles. The standard InChI is InChI=1S/C9H13NO3/c1-5(11)13-6-3-7-8(4-6)10(2)9(7)12/h6-8H,3-4H2,1-2H3/t6-,7+,8-/m1/s1. The third-order valence-corrected chi connectivity index (χ3v) is 2.98. The van der Waals surface area contributed by atoms with Crippen molar-refractivity contribution in [2.75, 3.05) is 7.05 Å². The summed E-state index contributed by atoms with van der Waals surface area (Å²) >= 11 is 0. The minimum atomic E-state index is -0.249. The number of likely N-dealkylation sites (tertiary alicyclic amines) is 1. The predicted molar refractivity (Wildman–Crippen MR) is 44.8 cm³/mol. The highest BCUT2D eigenvalue weighted by molar-refractivity contribution is 5.86. The Kier molecular flexibility index (Phi) is 1.78. The number of carbonyl (C=O) groups excluding carboxylic acids is 2. The molecule has 1 amide bonds. The van der Waals surface area contributed by atoms with Crippen LogP contribution in [0.4, 0.5) is 0 Å². The molecular weight excluding hydrogens is 170 g/mol. The fraction of sp³-hybridized carbons (Fsp3) is 0.778. The molecule has 13 heavy (non-hydrogen) atoms. The van der Waals surface area contributed by atoms with Crippen LogP contribution in [0.2, 0.25) is 0 Å². The number of hydrogen-bond donors (Lipinski definition) is 0. The Bertz CT molecular complexity index is 264. The van der Waals surface area contributed by atoms with Crippen molar-refractivity contribution in [1.82, 2.24) is 4.90 Å². The topological polar surface area (TPSA) is 46.6 Å². The van der Waals surface area contributed by atoms with Crippen molar-refractivity contribution in [3.63, 3.8) is 0 Å². The number of amides is 1. The molecule has 0 radical (unpaired) electrons. The van der Waals surface area contributed by atoms with Crippen molar-refractivity contribution in [2.24, 2.45) is 5.92 Å². The van der Waals surface area contributed by atoms with Crippen molar-refractivity contribution in [3.05, 3.63) is 0 Å². The lowest BCUT2D eigenvalue weighted by Gasteiger charge is -2.40. The first-order valence-electron chi connectivity index (χ1n) is 4.53. The van der Waals surface area contributed by atoms with E-state index in [1.807, 2.05) is 0 Å². The minimum Gasteiger partial charge on any atom is -0.462 e. The molecule has 4 nitrogen and oxygen atoms in total. The van der Waals surface area contributed by atoms with Crippen molar-refractivity contribution in [1.29, 1.82) is 0 Å². The zero-order chi connectivity index (χ0) is 9.59. The number of nitrogens with zero attached hydrogens (tertiary/aromatic N) is 1. The Balaban J connectivity index is 1.94. The van der Waals surface area contributed by atoms with E-state index in [9.17, 15) is 9.59 Å². The highest BCUT2D eigenvalue weighted by Gasteiger charge is 2.52. The van der Waals surface area contributed by atoms with E-state index in [1.165, 1.54) is 6.92 Å². The zero-order valence-electron chi connectivity index (χ0n) is 7.82. The summed E-state index contributed by atoms with van der Waals surface area (Å²) in [6.07, 6.45) is 1.49. The number of fused-ring (bicyclic) bond motifs is 1. The molecular formula is C9H13NO3. The van der Waals surface area contributed by atoms with Gasteiger partial charge in [-0.3, -0.25) is 9.59 Å². The van der Waals surface area contributed by atoms with Crippen LogP contribution in [0.1, 0.15) is 19.8 Å². The molecule has 2 rings (SSSR count). The Morgan fingerprint density at radius 3 is 2.77 bits per heavy atom. The maximum absolute atomic E-state index is 11.3. The van der Waals surface area contributed by atoms with Gasteiger partial charge in [0.15, 0.2) is 0 Å². The van der Waals surface area contributed by atoms with Crippen molar-refractivity contribution < 1.29 is 14.3 Å². The molecule has 0 aromatic rings. The number of β-lactam (4-membered cyclic amide) rings is 1. The van der Waals surface area contributed by atoms with Gasteiger partial charge in [0.05, 0.1) is 5.92 Å². The number of esters is 1. The second kappa shape index (κ2) is 2.72. The summed E-state index contributed by atoms with van der Waals surface area (Å²) in [4.78, 5) is 23.7. The first kappa shape index (κ1) is 8.53. The molecule has 0 N–H and O–H groups in total. The average Bonchev–Trinajstić information content (AvgIpc) is 2.43. The van der Waals surface area contributed by atoms with E-state index in [-0.39, 0.29) is 23.9 Å². The molecule has 4 heteroatoms. The summed E-state index contributed by atoms with van der Waals surface area (Å²) in [5.41, 5.74) is 0. The number of carbonyl (C=O) groups is 2. The molecule has 0 unspecified atom stereocenters. The van der Waals surface area contributed by atoms with Gasteiger partial charge in [-0.25, -0.2) is 0 Å². The highest BCUT2D eigenvalue weighted by Crippen LogP contribution is 2.40. The van der Waals surface area contributed by atoms with Gasteiger partial charge in [0.25, 0.3) is 0 Å². The largest absolute Gasteiger partial charge is 0.462 e. The van der Waals surface area contributed by atoms with Gasteiger partial charge in [-0.1, -0.05) is 0 Å². The summed E-state index contributed by atoms with van der Waals surface area (Å²) in [5, 5.41) is 0. The Hall–Kier alpha value is -1.06. The molecule has 2 aliphatic rings. The second-order valence-corrected chi connectivity index (χ2v) is 3.83. The van der Waals surface area contributed by atoms with Crippen molar-refractivity contribution in [2.45, 2.75) is 31.9 Å². The molecule has 3 atom stereocenters. The maximum atomic E-state index is 11.3. The van der Waals surface area contributed by atoms with E-state index in [1.54, 1.807) is 11.9 Å². The average molecular weight is 183 g/mol. The summed E-state index contributed by atoms with van der Waals surface area (Å²) < 4.78 is 5.07. The Labute approximate surface area is 76.8 Å². The SMILES string of the molecule is CC(=O)O[C@@H]1C[C@@H]2C(=O)N(C)[C@@H]2C1. The lowest BCUT2D eigenvalue weighted by atomic mass is 9.92. The molecule has 2 fully saturated rings. The van der Waals surface area contributed by atoms with Crippen LogP contribution in [0.25, 0.3) is 0 Å². The van der Waals surface area contributed by atoms with E-state index >= 15 is 0 Å². The van der Waals surface area contributed by atoms with Crippen LogP contribution < -0.4 is 0 Å².